The number of nitrogens with zero attached hydrogens (tertiary/aromatic N) is 1. The van der Waals surface area contributed by atoms with Crippen molar-refractivity contribution in [2.24, 2.45) is 5.73 Å². The summed E-state index contributed by atoms with van der Waals surface area (Å²) < 4.78 is 0. The average molecular weight is 146 g/mol. The molecule has 11 heavy (non-hydrogen) atoms. The van der Waals surface area contributed by atoms with Crippen molar-refractivity contribution >= 4 is 0 Å². The number of hydrogen-bond donors (Lipinski definition) is 1. The maximum atomic E-state index is 5.60. The van der Waals surface area contributed by atoms with Gasteiger partial charge in [0.1, 0.15) is 0 Å². The van der Waals surface area contributed by atoms with Gasteiger partial charge in [-0.25, -0.2) is 0 Å². The summed E-state index contributed by atoms with van der Waals surface area (Å²) in [7, 11) is 0. The number of terminal acetylenes is 1. The Morgan fingerprint density at radius 2 is 2.45 bits per heavy atom. The highest BCUT2D eigenvalue weighted by Crippen LogP contribution is 2.08. The van der Waals surface area contributed by atoms with Gasteiger partial charge in [-0.15, -0.1) is 6.42 Å². The summed E-state index contributed by atoms with van der Waals surface area (Å²) in [5.74, 6) is 2.46. The molecule has 0 aromatic carbocycles. The lowest BCUT2D eigenvalue weighted by Crippen LogP contribution is -2.07. The minimum atomic E-state index is -0.309. The lowest BCUT2D eigenvalue weighted by Gasteiger charge is -2.03. The van der Waals surface area contributed by atoms with Gasteiger partial charge in [0.25, 0.3) is 0 Å². The summed E-state index contributed by atoms with van der Waals surface area (Å²) in [5, 5.41) is 0. The summed E-state index contributed by atoms with van der Waals surface area (Å²) in [5.41, 5.74) is 7.48. The van der Waals surface area contributed by atoms with E-state index in [4.69, 9.17) is 12.2 Å². The zero-order valence-electron chi connectivity index (χ0n) is 6.41. The molecule has 0 saturated heterocycles. The van der Waals surface area contributed by atoms with E-state index in [9.17, 15) is 0 Å². The molecule has 0 radical (unpaired) electrons. The molecule has 2 nitrogen and oxygen atoms in total. The highest BCUT2D eigenvalue weighted by Gasteiger charge is 2.00. The number of rotatable bonds is 1. The Morgan fingerprint density at radius 3 is 3.00 bits per heavy atom. The third kappa shape index (κ3) is 1.79. The van der Waals surface area contributed by atoms with E-state index in [0.29, 0.717) is 0 Å². The van der Waals surface area contributed by atoms with Gasteiger partial charge in [0.2, 0.25) is 0 Å². The van der Waals surface area contributed by atoms with Gasteiger partial charge in [0, 0.05) is 11.9 Å². The van der Waals surface area contributed by atoms with E-state index in [-0.39, 0.29) is 6.04 Å². The smallest absolute Gasteiger partial charge is 0.0919 e. The van der Waals surface area contributed by atoms with Crippen molar-refractivity contribution in [2.45, 2.75) is 13.0 Å². The van der Waals surface area contributed by atoms with Gasteiger partial charge in [0.05, 0.1) is 6.04 Å². The molecule has 1 unspecified atom stereocenters. The third-order valence-electron chi connectivity index (χ3n) is 1.46. The van der Waals surface area contributed by atoms with Crippen LogP contribution < -0.4 is 5.73 Å². The standard InChI is InChI=1S/C9H10N2/c1-3-9(10)8-4-5-11-7(2)6-8/h1,4-6,9H,10H2,2H3. The summed E-state index contributed by atoms with van der Waals surface area (Å²) in [6, 6.07) is 3.42. The molecule has 1 aromatic heterocycles. The quantitative estimate of drug-likeness (QED) is 0.601. The fourth-order valence-corrected chi connectivity index (χ4v) is 0.857. The Kier molecular flexibility index (Phi) is 2.25. The Bertz CT molecular complexity index is 286. The highest BCUT2D eigenvalue weighted by molar-refractivity contribution is 5.24. The second-order valence-corrected chi connectivity index (χ2v) is 2.37. The number of nitrogens with two attached hydrogens (primary N) is 1. The van der Waals surface area contributed by atoms with Crippen LogP contribution in [0.5, 0.6) is 0 Å². The zero-order valence-corrected chi connectivity index (χ0v) is 6.41. The van der Waals surface area contributed by atoms with Gasteiger partial charge in [-0.3, -0.25) is 4.98 Å². The average Bonchev–Trinajstić information content (AvgIpc) is 2.03. The van der Waals surface area contributed by atoms with Crippen LogP contribution in [0.1, 0.15) is 17.3 Å². The fraction of sp³-hybridized carbons (Fsp3) is 0.222. The number of aromatic nitrogens is 1. The van der Waals surface area contributed by atoms with E-state index in [2.05, 4.69) is 10.9 Å². The minimum absolute atomic E-state index is 0.309. The topological polar surface area (TPSA) is 38.9 Å². The van der Waals surface area contributed by atoms with Crippen molar-refractivity contribution in [3.05, 3.63) is 29.6 Å². The second kappa shape index (κ2) is 3.18. The summed E-state index contributed by atoms with van der Waals surface area (Å²) in [4.78, 5) is 4.03. The van der Waals surface area contributed by atoms with Crippen LogP contribution in [-0.4, -0.2) is 4.98 Å². The molecular weight excluding hydrogens is 136 g/mol. The van der Waals surface area contributed by atoms with E-state index in [1.54, 1.807) is 6.20 Å². The molecule has 1 atom stereocenters. The van der Waals surface area contributed by atoms with E-state index >= 15 is 0 Å². The van der Waals surface area contributed by atoms with Crippen molar-refractivity contribution in [1.29, 1.82) is 0 Å². The summed E-state index contributed by atoms with van der Waals surface area (Å²) >= 11 is 0. The van der Waals surface area contributed by atoms with Crippen molar-refractivity contribution in [3.63, 3.8) is 0 Å². The number of aryl methyl sites for hydroxylation is 1. The maximum Gasteiger partial charge on any atom is 0.0919 e. The molecule has 2 N–H and O–H groups in total. The van der Waals surface area contributed by atoms with Gasteiger partial charge in [-0.2, -0.15) is 0 Å². The maximum absolute atomic E-state index is 5.60. The van der Waals surface area contributed by atoms with Gasteiger partial charge >= 0.3 is 0 Å². The van der Waals surface area contributed by atoms with Crippen LogP contribution in [0.2, 0.25) is 0 Å². The monoisotopic (exact) mass is 146 g/mol. The van der Waals surface area contributed by atoms with Crippen LogP contribution >= 0.6 is 0 Å². The van der Waals surface area contributed by atoms with E-state index < -0.39 is 0 Å². The number of hydrogen-bond acceptors (Lipinski definition) is 2. The van der Waals surface area contributed by atoms with Gasteiger partial charge in [-0.05, 0) is 24.6 Å². The van der Waals surface area contributed by atoms with Crippen molar-refractivity contribution in [2.75, 3.05) is 0 Å². The predicted molar refractivity (Wildman–Crippen MR) is 44.7 cm³/mol. The first-order valence-electron chi connectivity index (χ1n) is 3.38. The van der Waals surface area contributed by atoms with E-state index in [1.807, 2.05) is 19.1 Å². The molecule has 2 heteroatoms. The molecule has 0 saturated carbocycles. The van der Waals surface area contributed by atoms with Crippen LogP contribution in [-0.2, 0) is 0 Å². The van der Waals surface area contributed by atoms with Gasteiger partial charge < -0.3 is 5.73 Å². The fourth-order valence-electron chi connectivity index (χ4n) is 0.857. The Hall–Kier alpha value is -1.33. The van der Waals surface area contributed by atoms with Gasteiger partial charge in [-0.1, -0.05) is 5.92 Å². The first-order chi connectivity index (χ1) is 5.24. The van der Waals surface area contributed by atoms with E-state index in [1.165, 1.54) is 0 Å². The molecule has 0 spiro atoms. The van der Waals surface area contributed by atoms with Crippen LogP contribution in [0.4, 0.5) is 0 Å². The Labute approximate surface area is 66.4 Å². The molecule has 56 valence electrons. The molecule has 0 aliphatic heterocycles. The SMILES string of the molecule is C#CC(N)c1ccnc(C)c1. The zero-order chi connectivity index (χ0) is 8.27. The molecule has 1 heterocycles. The molecule has 0 fully saturated rings. The lowest BCUT2D eigenvalue weighted by molar-refractivity contribution is 0.934. The van der Waals surface area contributed by atoms with Gasteiger partial charge in [0.15, 0.2) is 0 Å². The largest absolute Gasteiger partial charge is 0.314 e. The summed E-state index contributed by atoms with van der Waals surface area (Å²) in [6.07, 6.45) is 6.87. The van der Waals surface area contributed by atoms with Crippen LogP contribution in [0.25, 0.3) is 0 Å². The first-order valence-corrected chi connectivity index (χ1v) is 3.38. The molecule has 0 amide bonds. The van der Waals surface area contributed by atoms with Crippen LogP contribution in [0.15, 0.2) is 18.3 Å². The Balaban J connectivity index is 2.98. The molecular formula is C9H10N2. The number of pyridine rings is 1. The second-order valence-electron chi connectivity index (χ2n) is 2.37. The molecule has 1 aromatic rings. The predicted octanol–water partition coefficient (Wildman–Crippen LogP) is 1.02. The highest BCUT2D eigenvalue weighted by atomic mass is 14.7. The summed E-state index contributed by atoms with van der Waals surface area (Å²) in [6.45, 7) is 1.91. The molecule has 1 rings (SSSR count). The van der Waals surface area contributed by atoms with Crippen molar-refractivity contribution < 1.29 is 0 Å². The normalized spacial score (nSPS) is 12.1. The van der Waals surface area contributed by atoms with E-state index in [0.717, 1.165) is 11.3 Å². The molecule has 0 aliphatic carbocycles. The van der Waals surface area contributed by atoms with Crippen molar-refractivity contribution in [1.82, 2.24) is 4.98 Å². The molecule has 0 aliphatic rings. The minimum Gasteiger partial charge on any atom is -0.314 e. The lowest BCUT2D eigenvalue weighted by atomic mass is 10.1. The Morgan fingerprint density at radius 1 is 1.73 bits per heavy atom. The van der Waals surface area contributed by atoms with Crippen LogP contribution in [0.3, 0.4) is 0 Å². The molecule has 0 bridgehead atoms. The third-order valence-corrected chi connectivity index (χ3v) is 1.46. The van der Waals surface area contributed by atoms with Crippen molar-refractivity contribution in [3.8, 4) is 12.3 Å². The first kappa shape index (κ1) is 7.77. The van der Waals surface area contributed by atoms with Crippen LogP contribution in [0, 0.1) is 19.3 Å².